The molecule has 2 nitrogen and oxygen atoms in total. The average Bonchev–Trinajstić information content (AvgIpc) is 2.73. The molecule has 118 valence electrons. The Kier molecular flexibility index (Phi) is 3.10. The third-order valence-corrected chi connectivity index (χ3v) is 8.24. The molecule has 7 atom stereocenters. The van der Waals surface area contributed by atoms with Crippen LogP contribution in [0.2, 0.25) is 0 Å². The number of Topliss-reactive ketones (excluding diaryl/α,β-unsaturated/α-hetero) is 1. The minimum absolute atomic E-state index is 0.0651. The Morgan fingerprint density at radius 3 is 2.48 bits per heavy atom. The molecule has 2 heteroatoms. The minimum Gasteiger partial charge on any atom is -0.393 e. The molecular weight excluding hydrogens is 260 g/mol. The van der Waals surface area contributed by atoms with Crippen molar-refractivity contribution in [3.63, 3.8) is 0 Å². The van der Waals surface area contributed by atoms with Gasteiger partial charge in [-0.3, -0.25) is 4.79 Å². The lowest BCUT2D eigenvalue weighted by Crippen LogP contribution is -2.52. The van der Waals surface area contributed by atoms with Crippen molar-refractivity contribution in [3.8, 4) is 0 Å². The highest BCUT2D eigenvalue weighted by atomic mass is 16.3. The maximum atomic E-state index is 11.9. The molecule has 0 aromatic rings. The van der Waals surface area contributed by atoms with E-state index >= 15 is 0 Å². The first kappa shape index (κ1) is 14.2. The van der Waals surface area contributed by atoms with E-state index in [0.29, 0.717) is 11.2 Å². The number of hydrogen-bond donors (Lipinski definition) is 1. The molecule has 4 aliphatic rings. The Bertz CT molecular complexity index is 458. The van der Waals surface area contributed by atoms with Gasteiger partial charge in [-0.05, 0) is 79.4 Å². The predicted molar refractivity (Wildman–Crippen MR) is 82.7 cm³/mol. The fourth-order valence-corrected chi connectivity index (χ4v) is 7.04. The van der Waals surface area contributed by atoms with E-state index < -0.39 is 0 Å². The molecule has 4 aliphatic carbocycles. The topological polar surface area (TPSA) is 37.3 Å². The quantitative estimate of drug-likeness (QED) is 0.733. The van der Waals surface area contributed by atoms with Crippen molar-refractivity contribution >= 4 is 5.78 Å². The molecule has 0 saturated heterocycles. The average molecular weight is 290 g/mol. The third kappa shape index (κ3) is 1.90. The molecule has 1 N–H and O–H groups in total. The predicted octanol–water partition coefficient (Wildman–Crippen LogP) is 3.96. The van der Waals surface area contributed by atoms with Crippen molar-refractivity contribution in [2.24, 2.45) is 34.5 Å². The monoisotopic (exact) mass is 290 g/mol. The Labute approximate surface area is 128 Å². The van der Waals surface area contributed by atoms with Crippen molar-refractivity contribution in [2.75, 3.05) is 0 Å². The molecule has 0 amide bonds. The molecule has 0 spiro atoms. The van der Waals surface area contributed by atoms with Crippen LogP contribution in [-0.2, 0) is 4.79 Å². The molecule has 0 bridgehead atoms. The highest BCUT2D eigenvalue weighted by Gasteiger charge is 2.58. The lowest BCUT2D eigenvalue weighted by molar-refractivity contribution is -0.138. The van der Waals surface area contributed by atoms with Gasteiger partial charge >= 0.3 is 0 Å². The zero-order chi connectivity index (χ0) is 14.8. The summed E-state index contributed by atoms with van der Waals surface area (Å²) in [7, 11) is 0. The van der Waals surface area contributed by atoms with Crippen LogP contribution >= 0.6 is 0 Å². The van der Waals surface area contributed by atoms with Crippen LogP contribution in [0, 0.1) is 34.5 Å². The van der Waals surface area contributed by atoms with Crippen molar-refractivity contribution in [1.29, 1.82) is 0 Å². The summed E-state index contributed by atoms with van der Waals surface area (Å²) >= 11 is 0. The zero-order valence-corrected chi connectivity index (χ0v) is 13.6. The van der Waals surface area contributed by atoms with Crippen LogP contribution in [0.5, 0.6) is 0 Å². The molecule has 0 aromatic carbocycles. The molecule has 4 rings (SSSR count). The molecule has 4 saturated carbocycles. The Balaban J connectivity index is 1.62. The number of carbonyl (C=O) groups is 1. The summed E-state index contributed by atoms with van der Waals surface area (Å²) in [4.78, 5) is 11.9. The standard InChI is InChI=1S/C19H30O2/c1-18-9-7-14-13(15(18)4-3-12(20)11-18)8-10-19(2)16(14)5-6-17(19)21/h13-17,21H,3-11H2,1-2H3. The van der Waals surface area contributed by atoms with Crippen molar-refractivity contribution in [2.45, 2.75) is 77.7 Å². The van der Waals surface area contributed by atoms with Crippen molar-refractivity contribution in [1.82, 2.24) is 0 Å². The Hall–Kier alpha value is -0.370. The number of aliphatic hydroxyl groups is 1. The van der Waals surface area contributed by atoms with E-state index in [2.05, 4.69) is 13.8 Å². The van der Waals surface area contributed by atoms with E-state index in [1.165, 1.54) is 32.1 Å². The van der Waals surface area contributed by atoms with E-state index in [0.717, 1.165) is 49.4 Å². The first-order valence-corrected chi connectivity index (χ1v) is 9.14. The lowest BCUT2D eigenvalue weighted by atomic mass is 9.46. The van der Waals surface area contributed by atoms with Gasteiger partial charge in [0, 0.05) is 12.8 Å². The van der Waals surface area contributed by atoms with Crippen LogP contribution in [-0.4, -0.2) is 17.0 Å². The molecule has 0 aromatic heterocycles. The molecule has 7 unspecified atom stereocenters. The summed E-state index contributed by atoms with van der Waals surface area (Å²) in [6.07, 6.45) is 10.0. The molecule has 0 radical (unpaired) electrons. The maximum absolute atomic E-state index is 11.9. The Morgan fingerprint density at radius 1 is 0.952 bits per heavy atom. The van der Waals surface area contributed by atoms with Gasteiger partial charge in [-0.25, -0.2) is 0 Å². The second-order valence-corrected chi connectivity index (χ2v) is 9.13. The summed E-state index contributed by atoms with van der Waals surface area (Å²) in [5.74, 6) is 3.68. The second kappa shape index (κ2) is 4.57. The summed E-state index contributed by atoms with van der Waals surface area (Å²) in [5, 5.41) is 10.4. The number of carbonyl (C=O) groups excluding carboxylic acids is 1. The largest absolute Gasteiger partial charge is 0.393 e. The van der Waals surface area contributed by atoms with Crippen LogP contribution < -0.4 is 0 Å². The van der Waals surface area contributed by atoms with Gasteiger partial charge in [-0.1, -0.05) is 13.8 Å². The number of hydrogen-bond acceptors (Lipinski definition) is 2. The van der Waals surface area contributed by atoms with Crippen LogP contribution in [0.1, 0.15) is 71.6 Å². The zero-order valence-electron chi connectivity index (χ0n) is 13.6. The number of aliphatic hydroxyl groups excluding tert-OH is 1. The van der Waals surface area contributed by atoms with Gasteiger partial charge in [0.25, 0.3) is 0 Å². The normalized spacial score (nSPS) is 56.5. The Morgan fingerprint density at radius 2 is 1.67 bits per heavy atom. The van der Waals surface area contributed by atoms with Crippen LogP contribution in [0.3, 0.4) is 0 Å². The van der Waals surface area contributed by atoms with Gasteiger partial charge in [0.15, 0.2) is 0 Å². The molecule has 0 heterocycles. The van der Waals surface area contributed by atoms with E-state index in [4.69, 9.17) is 0 Å². The SMILES string of the molecule is CC12CCC3C(CCC4(C)C(O)CCC34)C1CCC(=O)C2. The van der Waals surface area contributed by atoms with Crippen LogP contribution in [0.4, 0.5) is 0 Å². The minimum atomic E-state index is -0.0651. The van der Waals surface area contributed by atoms with Gasteiger partial charge in [0.05, 0.1) is 6.10 Å². The van der Waals surface area contributed by atoms with E-state index in [1.807, 2.05) is 0 Å². The molecule has 0 aliphatic heterocycles. The first-order chi connectivity index (χ1) is 9.94. The highest BCUT2D eigenvalue weighted by Crippen LogP contribution is 2.64. The fraction of sp³-hybridized carbons (Fsp3) is 0.947. The molecular formula is C19H30O2. The number of rotatable bonds is 0. The lowest BCUT2D eigenvalue weighted by Gasteiger charge is -2.58. The van der Waals surface area contributed by atoms with Gasteiger partial charge in [-0.15, -0.1) is 0 Å². The van der Waals surface area contributed by atoms with E-state index in [1.54, 1.807) is 0 Å². The first-order valence-electron chi connectivity index (χ1n) is 9.14. The van der Waals surface area contributed by atoms with Gasteiger partial charge in [0.1, 0.15) is 5.78 Å². The van der Waals surface area contributed by atoms with Crippen LogP contribution in [0.25, 0.3) is 0 Å². The van der Waals surface area contributed by atoms with Crippen molar-refractivity contribution < 1.29 is 9.90 Å². The molecule has 21 heavy (non-hydrogen) atoms. The highest BCUT2D eigenvalue weighted by molar-refractivity contribution is 5.80. The van der Waals surface area contributed by atoms with E-state index in [9.17, 15) is 9.90 Å². The van der Waals surface area contributed by atoms with Crippen molar-refractivity contribution in [3.05, 3.63) is 0 Å². The second-order valence-electron chi connectivity index (χ2n) is 9.13. The number of fused-ring (bicyclic) bond motifs is 5. The summed E-state index contributed by atoms with van der Waals surface area (Å²) in [6, 6.07) is 0. The maximum Gasteiger partial charge on any atom is 0.133 e. The van der Waals surface area contributed by atoms with Gasteiger partial charge < -0.3 is 5.11 Å². The summed E-state index contributed by atoms with van der Waals surface area (Å²) in [6.45, 7) is 4.74. The van der Waals surface area contributed by atoms with Crippen LogP contribution in [0.15, 0.2) is 0 Å². The van der Waals surface area contributed by atoms with Gasteiger partial charge in [-0.2, -0.15) is 0 Å². The fourth-order valence-electron chi connectivity index (χ4n) is 7.04. The number of ketones is 1. The van der Waals surface area contributed by atoms with E-state index in [-0.39, 0.29) is 11.5 Å². The summed E-state index contributed by atoms with van der Waals surface area (Å²) < 4.78 is 0. The third-order valence-electron chi connectivity index (χ3n) is 8.24. The smallest absolute Gasteiger partial charge is 0.133 e. The summed E-state index contributed by atoms with van der Waals surface area (Å²) in [5.41, 5.74) is 0.487. The molecule has 4 fully saturated rings. The van der Waals surface area contributed by atoms with Gasteiger partial charge in [0.2, 0.25) is 0 Å².